The molecule has 0 bridgehead atoms. The molecule has 2 rings (SSSR count). The van der Waals surface area contributed by atoms with Crippen molar-refractivity contribution in [3.63, 3.8) is 0 Å². The maximum absolute atomic E-state index is 11.4. The van der Waals surface area contributed by atoms with Crippen LogP contribution >= 0.6 is 0 Å². The number of carbonyl (C=O) groups is 2. The molecule has 2 amide bonds. The maximum atomic E-state index is 11.4. The number of aliphatic hydroxyl groups is 5. The zero-order valence-electron chi connectivity index (χ0n) is 14.1. The second-order valence-electron chi connectivity index (χ2n) is 6.35. The van der Waals surface area contributed by atoms with Gasteiger partial charge in [-0.3, -0.25) is 9.59 Å². The van der Waals surface area contributed by atoms with Gasteiger partial charge in [-0.2, -0.15) is 0 Å². The molecule has 0 aromatic heterocycles. The molecule has 150 valence electrons. The van der Waals surface area contributed by atoms with Gasteiger partial charge in [0, 0.05) is 6.92 Å². The lowest BCUT2D eigenvalue weighted by Gasteiger charge is -2.45. The summed E-state index contributed by atoms with van der Waals surface area (Å²) in [5.41, 5.74) is 5.02. The Balaban J connectivity index is 2.18. The lowest BCUT2D eigenvalue weighted by atomic mass is 9.96. The first-order valence-electron chi connectivity index (χ1n) is 7.97. The third-order valence-electron chi connectivity index (χ3n) is 4.35. The first kappa shape index (κ1) is 20.9. The van der Waals surface area contributed by atoms with Crippen LogP contribution < -0.4 is 11.1 Å². The highest BCUT2D eigenvalue weighted by molar-refractivity contribution is 5.79. The van der Waals surface area contributed by atoms with E-state index in [-0.39, 0.29) is 0 Å². The molecule has 2 aliphatic heterocycles. The molecule has 12 nitrogen and oxygen atoms in total. The van der Waals surface area contributed by atoms with Crippen LogP contribution in [-0.4, -0.2) is 98.7 Å². The van der Waals surface area contributed by atoms with Gasteiger partial charge in [0.1, 0.15) is 36.6 Å². The molecule has 26 heavy (non-hydrogen) atoms. The molecule has 10 atom stereocenters. The molecule has 12 heteroatoms. The second-order valence-corrected chi connectivity index (χ2v) is 6.35. The topological polar surface area (TPSA) is 201 Å². The Morgan fingerprint density at radius 3 is 2.15 bits per heavy atom. The molecule has 2 heterocycles. The van der Waals surface area contributed by atoms with Crippen molar-refractivity contribution in [3.05, 3.63) is 0 Å². The number of primary amides is 1. The number of hydrogen-bond acceptors (Lipinski definition) is 10. The quantitative estimate of drug-likeness (QED) is 0.248. The van der Waals surface area contributed by atoms with Gasteiger partial charge in [-0.25, -0.2) is 0 Å². The predicted octanol–water partition coefficient (Wildman–Crippen LogP) is -4.73. The number of carbonyl (C=O) groups excluding carboxylic acids is 2. The van der Waals surface area contributed by atoms with E-state index in [9.17, 15) is 35.1 Å². The highest BCUT2D eigenvalue weighted by Crippen LogP contribution is 2.28. The molecule has 0 aromatic rings. The molecule has 0 unspecified atom stereocenters. The van der Waals surface area contributed by atoms with Crippen LogP contribution in [-0.2, 0) is 23.8 Å². The van der Waals surface area contributed by atoms with Gasteiger partial charge in [0.15, 0.2) is 18.7 Å². The van der Waals surface area contributed by atoms with E-state index < -0.39 is 73.2 Å². The van der Waals surface area contributed by atoms with E-state index in [1.54, 1.807) is 0 Å². The van der Waals surface area contributed by atoms with Crippen molar-refractivity contribution in [1.29, 1.82) is 0 Å². The highest BCUT2D eigenvalue weighted by atomic mass is 16.7. The number of hydrogen-bond donors (Lipinski definition) is 7. The minimum absolute atomic E-state index is 0.553. The third-order valence-corrected chi connectivity index (χ3v) is 4.35. The fourth-order valence-electron chi connectivity index (χ4n) is 2.92. The SMILES string of the molecule is CC(=O)N[C@H]1[C@H](O[C@@H]2[C@@H](O)[C@@H](O)[C@@H](C(N)=O)O[C@@H]2O)O[C@H](C)[C@@H](O)[C@@H]1O. The van der Waals surface area contributed by atoms with Crippen molar-refractivity contribution in [2.45, 2.75) is 75.2 Å². The summed E-state index contributed by atoms with van der Waals surface area (Å²) in [6.07, 6.45) is -13.7. The smallest absolute Gasteiger partial charge is 0.249 e. The standard InChI is InChI=1S/C14H24N2O10/c1-3-6(18)7(19)5(16-4(2)17)14(24-3)26-11-9(21)8(20)10(12(15)22)25-13(11)23/h3,5-11,13-14,18-21,23H,1-2H3,(H2,15,22)(H,16,17)/t3-,5-,6-,7-,8-,9+,10+,11-,13+,14+/m1/s1. The molecule has 0 aliphatic carbocycles. The van der Waals surface area contributed by atoms with Crippen LogP contribution in [0.3, 0.4) is 0 Å². The number of nitrogens with two attached hydrogens (primary N) is 1. The zero-order chi connectivity index (χ0) is 19.8. The van der Waals surface area contributed by atoms with Gasteiger partial charge < -0.3 is 50.8 Å². The zero-order valence-corrected chi connectivity index (χ0v) is 14.1. The molecule has 0 spiro atoms. The normalized spacial score (nSPS) is 46.6. The summed E-state index contributed by atoms with van der Waals surface area (Å²) in [5, 5.41) is 52.4. The summed E-state index contributed by atoms with van der Waals surface area (Å²) in [6, 6.07) is -1.23. The molecule has 0 radical (unpaired) electrons. The Morgan fingerprint density at radius 2 is 1.62 bits per heavy atom. The average molecular weight is 380 g/mol. The van der Waals surface area contributed by atoms with Crippen molar-refractivity contribution < 1.29 is 49.3 Å². The van der Waals surface area contributed by atoms with Crippen LogP contribution in [0.2, 0.25) is 0 Å². The average Bonchev–Trinajstić information content (AvgIpc) is 2.55. The van der Waals surface area contributed by atoms with Crippen LogP contribution in [0.15, 0.2) is 0 Å². The number of ether oxygens (including phenoxy) is 3. The van der Waals surface area contributed by atoms with E-state index in [1.165, 1.54) is 13.8 Å². The van der Waals surface area contributed by atoms with E-state index in [1.807, 2.05) is 0 Å². The number of rotatable bonds is 4. The predicted molar refractivity (Wildman–Crippen MR) is 80.9 cm³/mol. The van der Waals surface area contributed by atoms with Crippen LogP contribution in [0.5, 0.6) is 0 Å². The number of nitrogens with one attached hydrogen (secondary N) is 1. The summed E-state index contributed by atoms with van der Waals surface area (Å²) in [4.78, 5) is 22.5. The van der Waals surface area contributed by atoms with Gasteiger partial charge in [-0.05, 0) is 6.92 Å². The fraction of sp³-hybridized carbons (Fsp3) is 0.857. The lowest BCUT2D eigenvalue weighted by Crippen LogP contribution is -2.67. The molecular formula is C14H24N2O10. The van der Waals surface area contributed by atoms with Crippen LogP contribution in [0.1, 0.15) is 13.8 Å². The minimum Gasteiger partial charge on any atom is -0.388 e. The summed E-state index contributed by atoms with van der Waals surface area (Å²) in [6.45, 7) is 2.61. The fourth-order valence-corrected chi connectivity index (χ4v) is 2.92. The summed E-state index contributed by atoms with van der Waals surface area (Å²) in [5.74, 6) is -1.64. The molecule has 2 aliphatic rings. The second kappa shape index (κ2) is 8.10. The van der Waals surface area contributed by atoms with Gasteiger partial charge in [0.25, 0.3) is 0 Å². The summed E-state index contributed by atoms with van der Waals surface area (Å²) >= 11 is 0. The van der Waals surface area contributed by atoms with Crippen molar-refractivity contribution in [3.8, 4) is 0 Å². The van der Waals surface area contributed by atoms with Gasteiger partial charge in [-0.15, -0.1) is 0 Å². The first-order valence-corrected chi connectivity index (χ1v) is 7.97. The Kier molecular flexibility index (Phi) is 6.52. The molecule has 0 saturated carbocycles. The van der Waals surface area contributed by atoms with E-state index in [2.05, 4.69) is 5.32 Å². The van der Waals surface area contributed by atoms with E-state index >= 15 is 0 Å². The minimum atomic E-state index is -1.85. The van der Waals surface area contributed by atoms with Gasteiger partial charge in [0.05, 0.1) is 6.10 Å². The number of aliphatic hydroxyl groups excluding tert-OH is 5. The van der Waals surface area contributed by atoms with Gasteiger partial charge in [0.2, 0.25) is 11.8 Å². The van der Waals surface area contributed by atoms with E-state index in [4.69, 9.17) is 19.9 Å². The largest absolute Gasteiger partial charge is 0.388 e. The third kappa shape index (κ3) is 4.13. The Labute approximate surface area is 148 Å². The Morgan fingerprint density at radius 1 is 1.00 bits per heavy atom. The van der Waals surface area contributed by atoms with Crippen molar-refractivity contribution >= 4 is 11.8 Å². The molecule has 8 N–H and O–H groups in total. The van der Waals surface area contributed by atoms with Gasteiger partial charge >= 0.3 is 0 Å². The van der Waals surface area contributed by atoms with Crippen molar-refractivity contribution in [2.24, 2.45) is 5.73 Å². The first-order chi connectivity index (χ1) is 12.0. The highest BCUT2D eigenvalue weighted by Gasteiger charge is 2.51. The molecule has 2 fully saturated rings. The molecule has 0 aromatic carbocycles. The monoisotopic (exact) mass is 380 g/mol. The number of amides is 2. The summed E-state index contributed by atoms with van der Waals surface area (Å²) < 4.78 is 15.7. The molecule has 2 saturated heterocycles. The van der Waals surface area contributed by atoms with Gasteiger partial charge in [-0.1, -0.05) is 0 Å². The Bertz CT molecular complexity index is 534. The van der Waals surface area contributed by atoms with Crippen molar-refractivity contribution in [2.75, 3.05) is 0 Å². The maximum Gasteiger partial charge on any atom is 0.249 e. The van der Waals surface area contributed by atoms with E-state index in [0.717, 1.165) is 0 Å². The summed E-state index contributed by atoms with van der Waals surface area (Å²) in [7, 11) is 0. The van der Waals surface area contributed by atoms with Crippen LogP contribution in [0.25, 0.3) is 0 Å². The van der Waals surface area contributed by atoms with Crippen molar-refractivity contribution in [1.82, 2.24) is 5.32 Å². The van der Waals surface area contributed by atoms with Crippen LogP contribution in [0, 0.1) is 0 Å². The molecular weight excluding hydrogens is 356 g/mol. The Hall–Kier alpha value is -1.38. The lowest BCUT2D eigenvalue weighted by molar-refractivity contribution is -0.339. The van der Waals surface area contributed by atoms with Crippen LogP contribution in [0.4, 0.5) is 0 Å². The van der Waals surface area contributed by atoms with E-state index in [0.29, 0.717) is 0 Å².